The number of carbonyl (C=O) groups is 1. The van der Waals surface area contributed by atoms with Gasteiger partial charge in [-0.25, -0.2) is 9.37 Å². The lowest BCUT2D eigenvalue weighted by Gasteiger charge is -2.05. The number of aromatic nitrogens is 1. The third kappa shape index (κ3) is 3.75. The van der Waals surface area contributed by atoms with Gasteiger partial charge in [0.1, 0.15) is 5.82 Å². The first-order valence-corrected chi connectivity index (χ1v) is 8.55. The van der Waals surface area contributed by atoms with E-state index < -0.39 is 11.7 Å². The zero-order chi connectivity index (χ0) is 17.1. The normalized spacial score (nSPS) is 10.6. The minimum Gasteiger partial charge on any atom is -0.298 e. The van der Waals surface area contributed by atoms with Gasteiger partial charge in [-0.15, -0.1) is 11.3 Å². The molecule has 3 nitrogen and oxygen atoms in total. The smallest absolute Gasteiger partial charge is 0.261 e. The number of halogens is 3. The SMILES string of the molecule is O=C(Nc1ncc(Cc2ccccc2Cl)s1)c1c(F)cccc1Cl. The van der Waals surface area contributed by atoms with E-state index in [4.69, 9.17) is 23.2 Å². The van der Waals surface area contributed by atoms with Crippen LogP contribution in [0.1, 0.15) is 20.8 Å². The number of rotatable bonds is 4. The van der Waals surface area contributed by atoms with E-state index in [1.54, 1.807) is 6.20 Å². The van der Waals surface area contributed by atoms with Crippen LogP contribution in [0.3, 0.4) is 0 Å². The zero-order valence-electron chi connectivity index (χ0n) is 12.2. The summed E-state index contributed by atoms with van der Waals surface area (Å²) in [5.41, 5.74) is 0.778. The van der Waals surface area contributed by atoms with Crippen LogP contribution in [0.5, 0.6) is 0 Å². The van der Waals surface area contributed by atoms with Crippen LogP contribution in [0.2, 0.25) is 10.0 Å². The summed E-state index contributed by atoms with van der Waals surface area (Å²) in [6, 6.07) is 11.6. The molecule has 7 heteroatoms. The predicted molar refractivity (Wildman–Crippen MR) is 95.7 cm³/mol. The third-order valence-electron chi connectivity index (χ3n) is 3.29. The molecule has 0 saturated heterocycles. The second kappa shape index (κ2) is 7.30. The minimum atomic E-state index is -0.673. The fourth-order valence-corrected chi connectivity index (χ4v) is 3.43. The number of benzene rings is 2. The molecule has 0 aliphatic heterocycles. The number of amides is 1. The highest BCUT2D eigenvalue weighted by Crippen LogP contribution is 2.26. The van der Waals surface area contributed by atoms with Crippen LogP contribution >= 0.6 is 34.5 Å². The Morgan fingerprint density at radius 3 is 2.62 bits per heavy atom. The van der Waals surface area contributed by atoms with Crippen LogP contribution in [0, 0.1) is 5.82 Å². The lowest BCUT2D eigenvalue weighted by atomic mass is 10.1. The molecule has 1 aromatic heterocycles. The first-order valence-electron chi connectivity index (χ1n) is 6.98. The summed E-state index contributed by atoms with van der Waals surface area (Å²) in [5, 5.41) is 3.68. The van der Waals surface area contributed by atoms with Crippen LogP contribution in [-0.2, 0) is 6.42 Å². The molecule has 0 aliphatic rings. The molecule has 0 unspecified atom stereocenters. The molecule has 0 radical (unpaired) electrons. The quantitative estimate of drug-likeness (QED) is 0.655. The Morgan fingerprint density at radius 1 is 1.12 bits per heavy atom. The van der Waals surface area contributed by atoms with Gasteiger partial charge in [0, 0.05) is 22.5 Å². The van der Waals surface area contributed by atoms with Gasteiger partial charge in [-0.3, -0.25) is 10.1 Å². The Balaban J connectivity index is 1.75. The lowest BCUT2D eigenvalue weighted by molar-refractivity contribution is 0.102. The van der Waals surface area contributed by atoms with E-state index in [2.05, 4.69) is 10.3 Å². The van der Waals surface area contributed by atoms with Crippen LogP contribution in [0.4, 0.5) is 9.52 Å². The van der Waals surface area contributed by atoms with E-state index in [-0.39, 0.29) is 10.6 Å². The van der Waals surface area contributed by atoms with Crippen LogP contribution in [0.25, 0.3) is 0 Å². The molecule has 3 rings (SSSR count). The van der Waals surface area contributed by atoms with Crippen molar-refractivity contribution >= 4 is 45.6 Å². The van der Waals surface area contributed by atoms with Gasteiger partial charge in [0.05, 0.1) is 10.6 Å². The minimum absolute atomic E-state index is 0.0559. The standard InChI is InChI=1S/C17H11Cl2FN2OS/c18-12-5-2-1-4-10(12)8-11-9-21-17(24-11)22-16(23)15-13(19)6-3-7-14(15)20/h1-7,9H,8H2,(H,21,22,23). The Hall–Kier alpha value is -1.95. The van der Waals surface area contributed by atoms with Crippen molar-refractivity contribution in [1.29, 1.82) is 0 Å². The van der Waals surface area contributed by atoms with Gasteiger partial charge in [0.25, 0.3) is 5.91 Å². The van der Waals surface area contributed by atoms with Crippen LogP contribution < -0.4 is 5.32 Å². The average molecular weight is 381 g/mol. The Labute approximate surface area is 152 Å². The highest BCUT2D eigenvalue weighted by molar-refractivity contribution is 7.15. The third-order valence-corrected chi connectivity index (χ3v) is 4.88. The first-order chi connectivity index (χ1) is 11.5. The van der Waals surface area contributed by atoms with Crippen molar-refractivity contribution in [3.8, 4) is 0 Å². The Morgan fingerprint density at radius 2 is 1.88 bits per heavy atom. The number of thiazole rings is 1. The number of nitrogens with zero attached hydrogens (tertiary/aromatic N) is 1. The number of hydrogen-bond donors (Lipinski definition) is 1. The van der Waals surface area contributed by atoms with E-state index in [1.165, 1.54) is 29.5 Å². The summed E-state index contributed by atoms with van der Waals surface area (Å²) in [7, 11) is 0. The topological polar surface area (TPSA) is 42.0 Å². The van der Waals surface area contributed by atoms with Crippen molar-refractivity contribution in [3.63, 3.8) is 0 Å². The maximum absolute atomic E-state index is 13.8. The molecule has 0 bridgehead atoms. The van der Waals surface area contributed by atoms with E-state index in [0.29, 0.717) is 16.6 Å². The van der Waals surface area contributed by atoms with Crippen molar-refractivity contribution in [2.24, 2.45) is 0 Å². The molecule has 2 aromatic carbocycles. The number of hydrogen-bond acceptors (Lipinski definition) is 3. The van der Waals surface area contributed by atoms with Gasteiger partial charge in [-0.1, -0.05) is 47.5 Å². The molecule has 0 spiro atoms. The molecule has 1 amide bonds. The molecule has 0 saturated carbocycles. The lowest BCUT2D eigenvalue weighted by Crippen LogP contribution is -2.14. The van der Waals surface area contributed by atoms with Crippen molar-refractivity contribution in [1.82, 2.24) is 4.98 Å². The number of nitrogens with one attached hydrogen (secondary N) is 1. The van der Waals surface area contributed by atoms with Crippen molar-refractivity contribution in [2.75, 3.05) is 5.32 Å². The van der Waals surface area contributed by atoms with Gasteiger partial charge in [0.15, 0.2) is 5.13 Å². The summed E-state index contributed by atoms with van der Waals surface area (Å²) < 4.78 is 13.8. The summed E-state index contributed by atoms with van der Waals surface area (Å²) in [6.45, 7) is 0. The predicted octanol–water partition coefficient (Wildman–Crippen LogP) is 5.43. The molecule has 24 heavy (non-hydrogen) atoms. The molecule has 0 aliphatic carbocycles. The van der Waals surface area contributed by atoms with E-state index >= 15 is 0 Å². The molecule has 122 valence electrons. The summed E-state index contributed by atoms with van der Waals surface area (Å²) in [6.07, 6.45) is 2.26. The van der Waals surface area contributed by atoms with Crippen LogP contribution in [-0.4, -0.2) is 10.9 Å². The summed E-state index contributed by atoms with van der Waals surface area (Å²) in [4.78, 5) is 17.3. The molecule has 0 atom stereocenters. The molecule has 0 fully saturated rings. The molecular formula is C17H11Cl2FN2OS. The van der Waals surface area contributed by atoms with Crippen LogP contribution in [0.15, 0.2) is 48.7 Å². The second-order valence-electron chi connectivity index (χ2n) is 4.95. The largest absolute Gasteiger partial charge is 0.298 e. The monoisotopic (exact) mass is 380 g/mol. The fraction of sp³-hybridized carbons (Fsp3) is 0.0588. The van der Waals surface area contributed by atoms with Crippen molar-refractivity contribution in [2.45, 2.75) is 6.42 Å². The summed E-state index contributed by atoms with van der Waals surface area (Å²) >= 11 is 13.3. The highest BCUT2D eigenvalue weighted by atomic mass is 35.5. The molecule has 3 aromatic rings. The van der Waals surface area contributed by atoms with E-state index in [0.717, 1.165) is 10.4 Å². The maximum atomic E-state index is 13.8. The first kappa shape index (κ1) is 16.9. The van der Waals surface area contributed by atoms with Gasteiger partial charge in [0.2, 0.25) is 0 Å². The zero-order valence-corrected chi connectivity index (χ0v) is 14.6. The van der Waals surface area contributed by atoms with Crippen molar-refractivity contribution in [3.05, 3.63) is 80.5 Å². The highest BCUT2D eigenvalue weighted by Gasteiger charge is 2.17. The number of carbonyl (C=O) groups excluding carboxylic acids is 1. The van der Waals surface area contributed by atoms with Gasteiger partial charge in [-0.2, -0.15) is 0 Å². The van der Waals surface area contributed by atoms with E-state index in [1.807, 2.05) is 24.3 Å². The maximum Gasteiger partial charge on any atom is 0.261 e. The number of anilines is 1. The van der Waals surface area contributed by atoms with Gasteiger partial charge in [-0.05, 0) is 23.8 Å². The molecule has 1 heterocycles. The Kier molecular flexibility index (Phi) is 5.14. The Bertz CT molecular complexity index is 878. The average Bonchev–Trinajstić information content (AvgIpc) is 2.96. The molecular weight excluding hydrogens is 370 g/mol. The van der Waals surface area contributed by atoms with Crippen molar-refractivity contribution < 1.29 is 9.18 Å². The fourth-order valence-electron chi connectivity index (χ4n) is 2.15. The second-order valence-corrected chi connectivity index (χ2v) is 6.88. The summed E-state index contributed by atoms with van der Waals surface area (Å²) in [5.74, 6) is -1.30. The van der Waals surface area contributed by atoms with Gasteiger partial charge < -0.3 is 0 Å². The van der Waals surface area contributed by atoms with E-state index in [9.17, 15) is 9.18 Å². The van der Waals surface area contributed by atoms with Gasteiger partial charge >= 0.3 is 0 Å². The molecule has 1 N–H and O–H groups in total.